The van der Waals surface area contributed by atoms with Crippen molar-refractivity contribution < 1.29 is 9.59 Å². The number of rotatable bonds is 5. The van der Waals surface area contributed by atoms with Gasteiger partial charge in [0.15, 0.2) is 0 Å². The lowest BCUT2D eigenvalue weighted by atomic mass is 10.1. The van der Waals surface area contributed by atoms with E-state index in [4.69, 9.17) is 0 Å². The Kier molecular flexibility index (Phi) is 5.52. The molecule has 0 atom stereocenters. The number of hydrogen-bond acceptors (Lipinski definition) is 2. The first-order valence-electron chi connectivity index (χ1n) is 7.60. The fraction of sp³-hybridized carbons (Fsp3) is 0.263. The second-order valence-corrected chi connectivity index (χ2v) is 5.65. The van der Waals surface area contributed by atoms with Crippen LogP contribution in [0.25, 0.3) is 0 Å². The van der Waals surface area contributed by atoms with Gasteiger partial charge in [0, 0.05) is 26.2 Å². The first kappa shape index (κ1) is 16.7. The first-order chi connectivity index (χ1) is 11.0. The highest BCUT2D eigenvalue weighted by atomic mass is 16.2. The smallest absolute Gasteiger partial charge is 0.246 e. The summed E-state index contributed by atoms with van der Waals surface area (Å²) in [5.74, 6) is -0.222. The van der Waals surface area contributed by atoms with E-state index in [1.54, 1.807) is 16.8 Å². The van der Waals surface area contributed by atoms with Crippen LogP contribution in [0, 0.1) is 6.92 Å². The van der Waals surface area contributed by atoms with Gasteiger partial charge < -0.3 is 9.80 Å². The lowest BCUT2D eigenvalue weighted by Crippen LogP contribution is -2.40. The Bertz CT molecular complexity index is 683. The van der Waals surface area contributed by atoms with Gasteiger partial charge in [-0.15, -0.1) is 0 Å². The highest BCUT2D eigenvalue weighted by Gasteiger charge is 2.18. The first-order valence-corrected chi connectivity index (χ1v) is 7.60. The van der Waals surface area contributed by atoms with Gasteiger partial charge in [-0.3, -0.25) is 9.59 Å². The number of benzene rings is 2. The molecule has 2 amide bonds. The molecular weight excluding hydrogens is 288 g/mol. The van der Waals surface area contributed by atoms with Crippen LogP contribution in [0.2, 0.25) is 0 Å². The average molecular weight is 310 g/mol. The summed E-state index contributed by atoms with van der Waals surface area (Å²) >= 11 is 0. The van der Waals surface area contributed by atoms with Gasteiger partial charge in [-0.2, -0.15) is 0 Å². The van der Waals surface area contributed by atoms with Crippen LogP contribution >= 0.6 is 0 Å². The van der Waals surface area contributed by atoms with Crippen molar-refractivity contribution in [2.75, 3.05) is 18.5 Å². The average Bonchev–Trinajstić information content (AvgIpc) is 2.54. The fourth-order valence-corrected chi connectivity index (χ4v) is 2.37. The predicted molar refractivity (Wildman–Crippen MR) is 92.1 cm³/mol. The van der Waals surface area contributed by atoms with Gasteiger partial charge in [0.1, 0.15) is 6.54 Å². The second kappa shape index (κ2) is 7.58. The number of carbonyl (C=O) groups excluding carboxylic acids is 2. The molecule has 0 aliphatic rings. The third-order valence-corrected chi connectivity index (χ3v) is 3.74. The quantitative estimate of drug-likeness (QED) is 0.852. The summed E-state index contributed by atoms with van der Waals surface area (Å²) in [6, 6.07) is 17.4. The van der Waals surface area contributed by atoms with Crippen LogP contribution in [0.3, 0.4) is 0 Å². The lowest BCUT2D eigenvalue weighted by Gasteiger charge is -2.24. The number of carbonyl (C=O) groups is 2. The Balaban J connectivity index is 2.07. The van der Waals surface area contributed by atoms with Gasteiger partial charge in [0.2, 0.25) is 11.8 Å². The maximum Gasteiger partial charge on any atom is 0.246 e. The molecule has 4 heteroatoms. The van der Waals surface area contributed by atoms with E-state index in [2.05, 4.69) is 0 Å². The Hall–Kier alpha value is -2.62. The number of hydrogen-bond donors (Lipinski definition) is 0. The van der Waals surface area contributed by atoms with Crippen LogP contribution in [0.1, 0.15) is 18.1 Å². The molecule has 2 aromatic rings. The molecule has 0 radical (unpaired) electrons. The van der Waals surface area contributed by atoms with E-state index in [1.165, 1.54) is 6.92 Å². The molecule has 0 aliphatic heterocycles. The van der Waals surface area contributed by atoms with E-state index in [9.17, 15) is 9.59 Å². The van der Waals surface area contributed by atoms with Crippen molar-refractivity contribution in [1.82, 2.24) is 4.90 Å². The number of anilines is 1. The number of para-hydroxylation sites is 1. The standard InChI is InChI=1S/C19H22N2O2/c1-15-8-7-9-17(12-15)13-21(16(2)22)14-19(23)20(3)18-10-5-4-6-11-18/h4-12H,13-14H2,1-3H3. The van der Waals surface area contributed by atoms with Crippen LogP contribution in [0.15, 0.2) is 54.6 Å². The number of likely N-dealkylation sites (N-methyl/N-ethyl adjacent to an activating group) is 1. The minimum atomic E-state index is -0.112. The van der Waals surface area contributed by atoms with E-state index in [0.29, 0.717) is 6.54 Å². The Morgan fingerprint density at radius 2 is 1.70 bits per heavy atom. The van der Waals surface area contributed by atoms with Crippen LogP contribution < -0.4 is 4.90 Å². The third kappa shape index (κ3) is 4.68. The van der Waals surface area contributed by atoms with Crippen molar-refractivity contribution in [3.05, 3.63) is 65.7 Å². The second-order valence-electron chi connectivity index (χ2n) is 5.65. The Labute approximate surface area is 137 Å². The SMILES string of the molecule is CC(=O)N(CC(=O)N(C)c1ccccc1)Cc1cccc(C)c1. The van der Waals surface area contributed by atoms with Gasteiger partial charge in [0.25, 0.3) is 0 Å². The molecule has 4 nitrogen and oxygen atoms in total. The Morgan fingerprint density at radius 1 is 1.00 bits per heavy atom. The van der Waals surface area contributed by atoms with E-state index >= 15 is 0 Å². The number of amides is 2. The van der Waals surface area contributed by atoms with Crippen molar-refractivity contribution in [2.45, 2.75) is 20.4 Å². The Morgan fingerprint density at radius 3 is 2.30 bits per heavy atom. The van der Waals surface area contributed by atoms with Crippen LogP contribution in [-0.4, -0.2) is 30.3 Å². The number of nitrogens with zero attached hydrogens (tertiary/aromatic N) is 2. The zero-order chi connectivity index (χ0) is 16.8. The summed E-state index contributed by atoms with van der Waals surface area (Å²) in [5, 5.41) is 0. The molecule has 0 aliphatic carbocycles. The summed E-state index contributed by atoms with van der Waals surface area (Å²) in [4.78, 5) is 27.5. The monoisotopic (exact) mass is 310 g/mol. The molecule has 0 unspecified atom stereocenters. The molecule has 0 aromatic heterocycles. The highest BCUT2D eigenvalue weighted by molar-refractivity contribution is 5.96. The van der Waals surface area contributed by atoms with Gasteiger partial charge in [-0.1, -0.05) is 48.0 Å². The molecule has 23 heavy (non-hydrogen) atoms. The molecule has 120 valence electrons. The minimum Gasteiger partial charge on any atom is -0.329 e. The van der Waals surface area contributed by atoms with E-state index < -0.39 is 0 Å². The zero-order valence-electron chi connectivity index (χ0n) is 13.8. The van der Waals surface area contributed by atoms with Crippen molar-refractivity contribution in [3.63, 3.8) is 0 Å². The molecule has 0 bridgehead atoms. The molecule has 0 fully saturated rings. The van der Waals surface area contributed by atoms with Gasteiger partial charge >= 0.3 is 0 Å². The molecule has 0 saturated heterocycles. The number of aryl methyl sites for hydroxylation is 1. The molecule has 2 rings (SSSR count). The molecule has 0 spiro atoms. The molecule has 0 heterocycles. The lowest BCUT2D eigenvalue weighted by molar-refractivity contribution is -0.133. The van der Waals surface area contributed by atoms with E-state index in [1.807, 2.05) is 61.5 Å². The summed E-state index contributed by atoms with van der Waals surface area (Å²) in [5.41, 5.74) is 2.98. The van der Waals surface area contributed by atoms with Crippen molar-refractivity contribution in [3.8, 4) is 0 Å². The van der Waals surface area contributed by atoms with Gasteiger partial charge in [-0.25, -0.2) is 0 Å². The summed E-state index contributed by atoms with van der Waals surface area (Å²) in [6.45, 7) is 4.00. The van der Waals surface area contributed by atoms with Crippen LogP contribution in [0.4, 0.5) is 5.69 Å². The highest BCUT2D eigenvalue weighted by Crippen LogP contribution is 2.13. The van der Waals surface area contributed by atoms with Crippen molar-refractivity contribution in [2.24, 2.45) is 0 Å². The van der Waals surface area contributed by atoms with Crippen LogP contribution in [-0.2, 0) is 16.1 Å². The molecule has 2 aromatic carbocycles. The maximum atomic E-state index is 12.4. The topological polar surface area (TPSA) is 40.6 Å². The van der Waals surface area contributed by atoms with E-state index in [0.717, 1.165) is 16.8 Å². The van der Waals surface area contributed by atoms with Gasteiger partial charge in [0.05, 0.1) is 0 Å². The van der Waals surface area contributed by atoms with E-state index in [-0.39, 0.29) is 18.4 Å². The van der Waals surface area contributed by atoms with Crippen LogP contribution in [0.5, 0.6) is 0 Å². The van der Waals surface area contributed by atoms with Crippen molar-refractivity contribution >= 4 is 17.5 Å². The largest absolute Gasteiger partial charge is 0.329 e. The fourth-order valence-electron chi connectivity index (χ4n) is 2.37. The minimum absolute atomic E-state index is 0.0642. The molecule has 0 N–H and O–H groups in total. The summed E-state index contributed by atoms with van der Waals surface area (Å²) in [7, 11) is 1.72. The predicted octanol–water partition coefficient (Wildman–Crippen LogP) is 3.01. The normalized spacial score (nSPS) is 10.2. The maximum absolute atomic E-state index is 12.4. The summed E-state index contributed by atoms with van der Waals surface area (Å²) < 4.78 is 0. The third-order valence-electron chi connectivity index (χ3n) is 3.74. The van der Waals surface area contributed by atoms with Gasteiger partial charge in [-0.05, 0) is 24.6 Å². The zero-order valence-corrected chi connectivity index (χ0v) is 13.8. The molecular formula is C19H22N2O2. The summed E-state index contributed by atoms with van der Waals surface area (Å²) in [6.07, 6.45) is 0. The molecule has 0 saturated carbocycles. The van der Waals surface area contributed by atoms with Crippen molar-refractivity contribution in [1.29, 1.82) is 0 Å².